The largest absolute Gasteiger partial charge is 0.508 e. The number of aromatic carboxylic acids is 1. The number of carboxylic acid groups (broad SMARTS) is 1. The van der Waals surface area contributed by atoms with Crippen molar-refractivity contribution in [3.05, 3.63) is 48.2 Å². The van der Waals surface area contributed by atoms with Crippen molar-refractivity contribution in [3.8, 4) is 17.1 Å². The minimum absolute atomic E-state index is 0.0702. The Hall–Kier alpha value is -2.89. The fourth-order valence-electron chi connectivity index (χ4n) is 1.94. The van der Waals surface area contributed by atoms with Crippen LogP contribution in [0, 0.1) is 0 Å². The molecule has 6 nitrogen and oxygen atoms in total. The Morgan fingerprint density at radius 3 is 2.63 bits per heavy atom. The topological polar surface area (TPSA) is 87.7 Å². The molecule has 0 unspecified atom stereocenters. The number of carbonyl (C=O) groups is 1. The van der Waals surface area contributed by atoms with Gasteiger partial charge in [0.25, 0.3) is 0 Å². The summed E-state index contributed by atoms with van der Waals surface area (Å²) in [6, 6.07) is 11.2. The van der Waals surface area contributed by atoms with Crippen LogP contribution >= 0.6 is 0 Å². The first-order valence-corrected chi connectivity index (χ1v) is 5.53. The second-order valence-electron chi connectivity index (χ2n) is 3.98. The second kappa shape index (κ2) is 4.09. The lowest BCUT2D eigenvalue weighted by molar-refractivity contribution is 0.0689. The van der Waals surface area contributed by atoms with Gasteiger partial charge in [-0.3, -0.25) is 4.40 Å². The predicted molar refractivity (Wildman–Crippen MR) is 67.0 cm³/mol. The van der Waals surface area contributed by atoms with E-state index in [1.807, 2.05) is 0 Å². The predicted octanol–water partition coefficient (Wildman–Crippen LogP) is 1.80. The number of hydrogen-bond acceptors (Lipinski definition) is 4. The van der Waals surface area contributed by atoms with Gasteiger partial charge in [0.2, 0.25) is 0 Å². The molecular formula is C13H9N3O3. The Labute approximate surface area is 107 Å². The van der Waals surface area contributed by atoms with Gasteiger partial charge in [-0.05, 0) is 24.3 Å². The number of benzene rings is 1. The molecule has 3 rings (SSSR count). The Morgan fingerprint density at radius 1 is 1.11 bits per heavy atom. The average molecular weight is 255 g/mol. The second-order valence-corrected chi connectivity index (χ2v) is 3.98. The molecule has 0 fully saturated rings. The molecule has 94 valence electrons. The molecule has 0 saturated carbocycles. The summed E-state index contributed by atoms with van der Waals surface area (Å²) in [7, 11) is 0. The van der Waals surface area contributed by atoms with Crippen LogP contribution in [0.2, 0.25) is 0 Å². The van der Waals surface area contributed by atoms with E-state index >= 15 is 0 Å². The van der Waals surface area contributed by atoms with Gasteiger partial charge in [0.05, 0.1) is 0 Å². The molecule has 0 aliphatic rings. The van der Waals surface area contributed by atoms with Gasteiger partial charge in [0.15, 0.2) is 11.5 Å². The van der Waals surface area contributed by atoms with Crippen LogP contribution < -0.4 is 0 Å². The summed E-state index contributed by atoms with van der Waals surface area (Å²) in [4.78, 5) is 11.2. The van der Waals surface area contributed by atoms with E-state index in [4.69, 9.17) is 0 Å². The zero-order valence-electron chi connectivity index (χ0n) is 9.69. The van der Waals surface area contributed by atoms with E-state index in [2.05, 4.69) is 10.2 Å². The third-order valence-corrected chi connectivity index (χ3v) is 2.75. The highest BCUT2D eigenvalue weighted by Gasteiger charge is 2.15. The first kappa shape index (κ1) is 11.2. The van der Waals surface area contributed by atoms with E-state index in [-0.39, 0.29) is 11.4 Å². The summed E-state index contributed by atoms with van der Waals surface area (Å²) in [6.07, 6.45) is 0. The van der Waals surface area contributed by atoms with Crippen molar-refractivity contribution in [2.75, 3.05) is 0 Å². The van der Waals surface area contributed by atoms with Crippen LogP contribution in [-0.2, 0) is 0 Å². The molecule has 0 radical (unpaired) electrons. The SMILES string of the molecule is O=C(O)c1cccc2nnc(-c3cccc(O)c3)n12. The molecule has 2 heterocycles. The summed E-state index contributed by atoms with van der Waals surface area (Å²) in [6.45, 7) is 0. The standard InChI is InChI=1S/C13H9N3O3/c17-9-4-1-3-8(7-9)12-15-14-11-6-2-5-10(13(18)19)16(11)12/h1-7,17H,(H,18,19). The summed E-state index contributed by atoms with van der Waals surface area (Å²) in [5.74, 6) is -0.599. The van der Waals surface area contributed by atoms with Gasteiger partial charge in [-0.2, -0.15) is 0 Å². The number of aromatic nitrogens is 3. The molecule has 2 N–H and O–H groups in total. The van der Waals surface area contributed by atoms with E-state index in [1.54, 1.807) is 24.3 Å². The zero-order chi connectivity index (χ0) is 13.4. The molecule has 0 bridgehead atoms. The Morgan fingerprint density at radius 2 is 1.89 bits per heavy atom. The highest BCUT2D eigenvalue weighted by atomic mass is 16.4. The molecule has 6 heteroatoms. The van der Waals surface area contributed by atoms with Gasteiger partial charge in [-0.15, -0.1) is 10.2 Å². The number of phenols is 1. The normalized spacial score (nSPS) is 10.7. The lowest BCUT2D eigenvalue weighted by Crippen LogP contribution is -2.05. The van der Waals surface area contributed by atoms with Crippen LogP contribution in [0.3, 0.4) is 0 Å². The molecule has 0 aliphatic carbocycles. The van der Waals surface area contributed by atoms with E-state index in [0.29, 0.717) is 17.0 Å². The molecule has 1 aromatic carbocycles. The minimum atomic E-state index is -1.06. The van der Waals surface area contributed by atoms with Gasteiger partial charge >= 0.3 is 5.97 Å². The van der Waals surface area contributed by atoms with Crippen LogP contribution in [0.4, 0.5) is 0 Å². The Kier molecular flexibility index (Phi) is 2.42. The van der Waals surface area contributed by atoms with Crippen molar-refractivity contribution in [3.63, 3.8) is 0 Å². The molecule has 0 aliphatic heterocycles. The minimum Gasteiger partial charge on any atom is -0.508 e. The van der Waals surface area contributed by atoms with Crippen molar-refractivity contribution in [1.29, 1.82) is 0 Å². The van der Waals surface area contributed by atoms with E-state index < -0.39 is 5.97 Å². The van der Waals surface area contributed by atoms with Gasteiger partial charge in [0, 0.05) is 5.56 Å². The number of hydrogen-bond donors (Lipinski definition) is 2. The van der Waals surface area contributed by atoms with Crippen LogP contribution in [-0.4, -0.2) is 30.8 Å². The number of aromatic hydroxyl groups is 1. The maximum atomic E-state index is 11.2. The van der Waals surface area contributed by atoms with Crippen molar-refractivity contribution in [1.82, 2.24) is 14.6 Å². The highest BCUT2D eigenvalue weighted by molar-refractivity contribution is 5.87. The van der Waals surface area contributed by atoms with Gasteiger partial charge in [0.1, 0.15) is 11.4 Å². The Balaban J connectivity index is 2.33. The van der Waals surface area contributed by atoms with Crippen LogP contribution in [0.15, 0.2) is 42.5 Å². The summed E-state index contributed by atoms with van der Waals surface area (Å²) >= 11 is 0. The van der Waals surface area contributed by atoms with Crippen molar-refractivity contribution in [2.45, 2.75) is 0 Å². The molecule has 19 heavy (non-hydrogen) atoms. The molecule has 0 spiro atoms. The maximum absolute atomic E-state index is 11.2. The van der Waals surface area contributed by atoms with E-state index in [0.717, 1.165) is 0 Å². The first-order valence-electron chi connectivity index (χ1n) is 5.53. The molecule has 0 amide bonds. The summed E-state index contributed by atoms with van der Waals surface area (Å²) < 4.78 is 1.44. The number of carboxylic acids is 1. The quantitative estimate of drug-likeness (QED) is 0.729. The first-order chi connectivity index (χ1) is 9.16. The van der Waals surface area contributed by atoms with Gasteiger partial charge < -0.3 is 10.2 Å². The third-order valence-electron chi connectivity index (χ3n) is 2.75. The maximum Gasteiger partial charge on any atom is 0.352 e. The smallest absolute Gasteiger partial charge is 0.352 e. The molecule has 3 aromatic rings. The van der Waals surface area contributed by atoms with Crippen molar-refractivity contribution in [2.24, 2.45) is 0 Å². The number of pyridine rings is 1. The molecule has 0 atom stereocenters. The lowest BCUT2D eigenvalue weighted by atomic mass is 10.2. The summed E-state index contributed by atoms with van der Waals surface area (Å²) in [5, 5.41) is 26.6. The molecule has 0 saturated heterocycles. The number of nitrogens with zero attached hydrogens (tertiary/aromatic N) is 3. The monoisotopic (exact) mass is 255 g/mol. The van der Waals surface area contributed by atoms with Crippen LogP contribution in [0.5, 0.6) is 5.75 Å². The zero-order valence-corrected chi connectivity index (χ0v) is 9.69. The van der Waals surface area contributed by atoms with E-state index in [9.17, 15) is 15.0 Å². The van der Waals surface area contributed by atoms with E-state index in [1.165, 1.54) is 22.6 Å². The highest BCUT2D eigenvalue weighted by Crippen LogP contribution is 2.23. The number of rotatable bonds is 2. The lowest BCUT2D eigenvalue weighted by Gasteiger charge is -2.04. The Bertz CT molecular complexity index is 780. The van der Waals surface area contributed by atoms with Gasteiger partial charge in [-0.1, -0.05) is 18.2 Å². The van der Waals surface area contributed by atoms with Crippen LogP contribution in [0.25, 0.3) is 17.0 Å². The van der Waals surface area contributed by atoms with Crippen molar-refractivity contribution >= 4 is 11.6 Å². The average Bonchev–Trinajstić information content (AvgIpc) is 2.82. The number of phenolic OH excluding ortho intramolecular Hbond substituents is 1. The molecule has 2 aromatic heterocycles. The van der Waals surface area contributed by atoms with Crippen molar-refractivity contribution < 1.29 is 15.0 Å². The fourth-order valence-corrected chi connectivity index (χ4v) is 1.94. The molecular weight excluding hydrogens is 246 g/mol. The number of fused-ring (bicyclic) bond motifs is 1. The summed E-state index contributed by atoms with van der Waals surface area (Å²) in [5.41, 5.74) is 1.11. The van der Waals surface area contributed by atoms with Gasteiger partial charge in [-0.25, -0.2) is 4.79 Å². The van der Waals surface area contributed by atoms with Crippen LogP contribution in [0.1, 0.15) is 10.5 Å². The fraction of sp³-hybridized carbons (Fsp3) is 0. The third kappa shape index (κ3) is 1.79.